The molecular weight excluding hydrogens is 274 g/mol. The Morgan fingerprint density at radius 3 is 2.65 bits per heavy atom. The zero-order valence-corrected chi connectivity index (χ0v) is 13.0. The Bertz CT molecular complexity index is 476. The van der Waals surface area contributed by atoms with E-state index in [1.807, 2.05) is 25.1 Å². The van der Waals surface area contributed by atoms with Crippen LogP contribution in [0.5, 0.6) is 11.5 Å². The second-order valence-electron chi connectivity index (χ2n) is 5.20. The number of rotatable bonds is 5. The molecule has 1 N–H and O–H groups in total. The van der Waals surface area contributed by atoms with Crippen LogP contribution >= 0.6 is 11.8 Å². The van der Waals surface area contributed by atoms with Gasteiger partial charge in [0.25, 0.3) is 0 Å². The number of thioether (sulfide) groups is 1. The first-order valence-corrected chi connectivity index (χ1v) is 7.78. The molecule has 5 heteroatoms. The first kappa shape index (κ1) is 15.0. The van der Waals surface area contributed by atoms with Gasteiger partial charge < -0.3 is 14.8 Å². The molecule has 1 aromatic rings. The van der Waals surface area contributed by atoms with Gasteiger partial charge in [0.15, 0.2) is 11.5 Å². The van der Waals surface area contributed by atoms with Gasteiger partial charge in [-0.3, -0.25) is 4.79 Å². The Morgan fingerprint density at radius 1 is 1.25 bits per heavy atom. The largest absolute Gasteiger partial charge is 0.486 e. The molecule has 1 aliphatic rings. The van der Waals surface area contributed by atoms with Crippen molar-refractivity contribution < 1.29 is 14.3 Å². The summed E-state index contributed by atoms with van der Waals surface area (Å²) in [5.41, 5.74) is 0. The molecule has 0 radical (unpaired) electrons. The van der Waals surface area contributed by atoms with Crippen molar-refractivity contribution in [3.05, 3.63) is 18.2 Å². The maximum Gasteiger partial charge on any atom is 0.233 e. The molecule has 20 heavy (non-hydrogen) atoms. The summed E-state index contributed by atoms with van der Waals surface area (Å²) in [6.07, 6.45) is 0. The highest BCUT2D eigenvalue weighted by atomic mass is 32.2. The standard InChI is InChI=1S/C15H21NO3S/c1-10(2)9-16-15(17)11(3)20-12-4-5-13-14(8-12)19-7-6-18-13/h4-5,8,10-11H,6-7,9H2,1-3H3,(H,16,17)/t11-/m1/s1. The zero-order valence-electron chi connectivity index (χ0n) is 12.1. The molecule has 0 spiro atoms. The number of fused-ring (bicyclic) bond motifs is 1. The normalized spacial score (nSPS) is 15.0. The van der Waals surface area contributed by atoms with Crippen LogP contribution in [0.25, 0.3) is 0 Å². The maximum atomic E-state index is 12.0. The van der Waals surface area contributed by atoms with Crippen molar-refractivity contribution in [3.8, 4) is 11.5 Å². The van der Waals surface area contributed by atoms with E-state index in [-0.39, 0.29) is 11.2 Å². The molecule has 0 saturated heterocycles. The van der Waals surface area contributed by atoms with Gasteiger partial charge in [0, 0.05) is 11.4 Å². The molecule has 0 fully saturated rings. The minimum Gasteiger partial charge on any atom is -0.486 e. The van der Waals surface area contributed by atoms with E-state index in [0.717, 1.165) is 16.4 Å². The van der Waals surface area contributed by atoms with Gasteiger partial charge in [-0.05, 0) is 31.0 Å². The number of hydrogen-bond acceptors (Lipinski definition) is 4. The van der Waals surface area contributed by atoms with Gasteiger partial charge in [-0.2, -0.15) is 0 Å². The molecule has 0 aromatic heterocycles. The zero-order chi connectivity index (χ0) is 14.5. The van der Waals surface area contributed by atoms with Crippen LogP contribution in [0.2, 0.25) is 0 Å². The van der Waals surface area contributed by atoms with Gasteiger partial charge in [0.05, 0.1) is 5.25 Å². The molecule has 2 rings (SSSR count). The van der Waals surface area contributed by atoms with E-state index in [0.29, 0.717) is 25.7 Å². The van der Waals surface area contributed by atoms with E-state index in [1.54, 1.807) is 0 Å². The summed E-state index contributed by atoms with van der Waals surface area (Å²) in [7, 11) is 0. The van der Waals surface area contributed by atoms with Crippen molar-refractivity contribution in [2.45, 2.75) is 30.9 Å². The number of benzene rings is 1. The molecule has 1 atom stereocenters. The lowest BCUT2D eigenvalue weighted by Gasteiger charge is -2.19. The summed E-state index contributed by atoms with van der Waals surface area (Å²) >= 11 is 1.53. The summed E-state index contributed by atoms with van der Waals surface area (Å²) in [5, 5.41) is 2.82. The third-order valence-corrected chi connectivity index (χ3v) is 3.97. The van der Waals surface area contributed by atoms with E-state index in [2.05, 4.69) is 19.2 Å². The molecular formula is C15H21NO3S. The fourth-order valence-corrected chi connectivity index (χ4v) is 2.72. The highest BCUT2D eigenvalue weighted by molar-refractivity contribution is 8.00. The third kappa shape index (κ3) is 4.07. The van der Waals surface area contributed by atoms with Crippen molar-refractivity contribution in [2.24, 2.45) is 5.92 Å². The summed E-state index contributed by atoms with van der Waals surface area (Å²) < 4.78 is 11.0. The van der Waals surface area contributed by atoms with E-state index in [9.17, 15) is 4.79 Å². The van der Waals surface area contributed by atoms with Crippen molar-refractivity contribution in [3.63, 3.8) is 0 Å². The Labute approximate surface area is 124 Å². The average Bonchev–Trinajstić information content (AvgIpc) is 2.44. The average molecular weight is 295 g/mol. The fourth-order valence-electron chi connectivity index (χ4n) is 1.80. The molecule has 1 heterocycles. The van der Waals surface area contributed by atoms with Crippen LogP contribution in [0.15, 0.2) is 23.1 Å². The van der Waals surface area contributed by atoms with E-state index < -0.39 is 0 Å². The highest BCUT2D eigenvalue weighted by Gasteiger charge is 2.17. The lowest BCUT2D eigenvalue weighted by molar-refractivity contribution is -0.120. The fraction of sp³-hybridized carbons (Fsp3) is 0.533. The van der Waals surface area contributed by atoms with Gasteiger partial charge in [0.2, 0.25) is 5.91 Å². The van der Waals surface area contributed by atoms with Crippen molar-refractivity contribution in [1.82, 2.24) is 5.32 Å². The summed E-state index contributed by atoms with van der Waals surface area (Å²) in [4.78, 5) is 13.0. The summed E-state index contributed by atoms with van der Waals surface area (Å²) in [6, 6.07) is 5.80. The predicted octanol–water partition coefficient (Wildman–Crippen LogP) is 2.71. The van der Waals surface area contributed by atoms with Gasteiger partial charge in [-0.25, -0.2) is 0 Å². The molecule has 1 amide bonds. The Hall–Kier alpha value is -1.36. The minimum atomic E-state index is -0.128. The van der Waals surface area contributed by atoms with Crippen LogP contribution in [0.1, 0.15) is 20.8 Å². The van der Waals surface area contributed by atoms with Crippen LogP contribution in [0, 0.1) is 5.92 Å². The highest BCUT2D eigenvalue weighted by Crippen LogP contribution is 2.35. The number of amides is 1. The molecule has 0 saturated carbocycles. The monoisotopic (exact) mass is 295 g/mol. The number of carbonyl (C=O) groups is 1. The number of nitrogens with one attached hydrogen (secondary N) is 1. The minimum absolute atomic E-state index is 0.0681. The number of ether oxygens (including phenoxy) is 2. The first-order valence-electron chi connectivity index (χ1n) is 6.90. The Kier molecular flexibility index (Phi) is 5.17. The van der Waals surface area contributed by atoms with Crippen LogP contribution < -0.4 is 14.8 Å². The topological polar surface area (TPSA) is 47.6 Å². The Balaban J connectivity index is 1.93. The summed E-state index contributed by atoms with van der Waals surface area (Å²) in [6.45, 7) is 7.96. The smallest absolute Gasteiger partial charge is 0.233 e. The van der Waals surface area contributed by atoms with E-state index >= 15 is 0 Å². The third-order valence-electron chi connectivity index (χ3n) is 2.88. The number of carbonyl (C=O) groups excluding carboxylic acids is 1. The second kappa shape index (κ2) is 6.88. The van der Waals surface area contributed by atoms with Crippen LogP contribution in [0.4, 0.5) is 0 Å². The van der Waals surface area contributed by atoms with Crippen LogP contribution in [-0.4, -0.2) is 30.9 Å². The van der Waals surface area contributed by atoms with Gasteiger partial charge in [0.1, 0.15) is 13.2 Å². The van der Waals surface area contributed by atoms with Crippen molar-refractivity contribution in [1.29, 1.82) is 0 Å². The second-order valence-corrected chi connectivity index (χ2v) is 6.62. The van der Waals surface area contributed by atoms with E-state index in [4.69, 9.17) is 9.47 Å². The first-order chi connectivity index (χ1) is 9.56. The Morgan fingerprint density at radius 2 is 1.95 bits per heavy atom. The maximum absolute atomic E-state index is 12.0. The van der Waals surface area contributed by atoms with Crippen molar-refractivity contribution in [2.75, 3.05) is 19.8 Å². The molecule has 0 aliphatic carbocycles. The van der Waals surface area contributed by atoms with Gasteiger partial charge in [-0.15, -0.1) is 11.8 Å². The lowest BCUT2D eigenvalue weighted by Crippen LogP contribution is -2.33. The van der Waals surface area contributed by atoms with Crippen LogP contribution in [-0.2, 0) is 4.79 Å². The summed E-state index contributed by atoms with van der Waals surface area (Å²) in [5.74, 6) is 2.07. The van der Waals surface area contributed by atoms with Crippen molar-refractivity contribution >= 4 is 17.7 Å². The molecule has 110 valence electrons. The van der Waals surface area contributed by atoms with Gasteiger partial charge in [-0.1, -0.05) is 13.8 Å². The van der Waals surface area contributed by atoms with Crippen LogP contribution in [0.3, 0.4) is 0 Å². The molecule has 1 aromatic carbocycles. The molecule has 0 unspecified atom stereocenters. The molecule has 4 nitrogen and oxygen atoms in total. The predicted molar refractivity (Wildman–Crippen MR) is 80.6 cm³/mol. The molecule has 0 bridgehead atoms. The quantitative estimate of drug-likeness (QED) is 0.849. The lowest BCUT2D eigenvalue weighted by atomic mass is 10.2. The number of hydrogen-bond donors (Lipinski definition) is 1. The molecule has 1 aliphatic heterocycles. The van der Waals surface area contributed by atoms with Gasteiger partial charge >= 0.3 is 0 Å². The SMILES string of the molecule is CC(C)CNC(=O)[C@@H](C)Sc1ccc2c(c1)OCCO2. The van der Waals surface area contributed by atoms with E-state index in [1.165, 1.54) is 11.8 Å².